The molecule has 0 aliphatic rings. The van der Waals surface area contributed by atoms with Crippen LogP contribution >= 0.6 is 11.8 Å². The van der Waals surface area contributed by atoms with Crippen molar-refractivity contribution in [1.29, 1.82) is 0 Å². The van der Waals surface area contributed by atoms with E-state index in [1.807, 2.05) is 18.2 Å². The van der Waals surface area contributed by atoms with Crippen molar-refractivity contribution < 1.29 is 18.4 Å². The van der Waals surface area contributed by atoms with Gasteiger partial charge >= 0.3 is 6.03 Å². The number of benzene rings is 1. The number of nitrogens with one attached hydrogen (secondary N) is 2. The van der Waals surface area contributed by atoms with Gasteiger partial charge in [0.1, 0.15) is 11.0 Å². The lowest BCUT2D eigenvalue weighted by Crippen LogP contribution is -2.41. The van der Waals surface area contributed by atoms with Crippen molar-refractivity contribution in [3.05, 3.63) is 54.0 Å². The molecule has 1 aromatic carbocycles. The first-order valence-electron chi connectivity index (χ1n) is 8.26. The van der Waals surface area contributed by atoms with Crippen LogP contribution in [0.1, 0.15) is 23.5 Å². The highest BCUT2D eigenvalue weighted by Gasteiger charge is 2.26. The van der Waals surface area contributed by atoms with E-state index in [-0.39, 0.29) is 5.22 Å². The summed E-state index contributed by atoms with van der Waals surface area (Å²) < 4.78 is 10.9. The standard InChI is InChI=1S/C18H18N4O4S/c1-3-19-17(24)20-15(23)14(12-7-5-4-6-8-12)27-18-22-21-16(26-18)13-9-10-25-11(13)2/h4-10,14H,3H2,1-2H3,(H2,19,20,23,24). The van der Waals surface area contributed by atoms with Crippen LogP contribution in [0.3, 0.4) is 0 Å². The smallest absolute Gasteiger partial charge is 0.321 e. The first kappa shape index (κ1) is 18.7. The number of rotatable bonds is 6. The topological polar surface area (TPSA) is 110 Å². The van der Waals surface area contributed by atoms with Crippen molar-refractivity contribution in [1.82, 2.24) is 20.8 Å². The van der Waals surface area contributed by atoms with Gasteiger partial charge in [-0.1, -0.05) is 30.3 Å². The van der Waals surface area contributed by atoms with Crippen LogP contribution < -0.4 is 10.6 Å². The summed E-state index contributed by atoms with van der Waals surface area (Å²) in [6.45, 7) is 3.98. The predicted molar refractivity (Wildman–Crippen MR) is 99.0 cm³/mol. The second kappa shape index (κ2) is 8.54. The van der Waals surface area contributed by atoms with Crippen molar-refractivity contribution >= 4 is 23.7 Å². The summed E-state index contributed by atoms with van der Waals surface area (Å²) >= 11 is 1.07. The maximum atomic E-state index is 12.6. The van der Waals surface area contributed by atoms with E-state index in [1.54, 1.807) is 32.0 Å². The lowest BCUT2D eigenvalue weighted by atomic mass is 10.1. The van der Waals surface area contributed by atoms with Gasteiger partial charge in [0.25, 0.3) is 11.1 Å². The minimum Gasteiger partial charge on any atom is -0.469 e. The minimum absolute atomic E-state index is 0.213. The zero-order valence-corrected chi connectivity index (χ0v) is 15.6. The first-order chi connectivity index (χ1) is 13.1. The van der Waals surface area contributed by atoms with Gasteiger partial charge in [0.2, 0.25) is 5.91 Å². The van der Waals surface area contributed by atoms with E-state index in [9.17, 15) is 9.59 Å². The van der Waals surface area contributed by atoms with Crippen LogP contribution in [0.2, 0.25) is 0 Å². The van der Waals surface area contributed by atoms with Crippen LogP contribution in [-0.4, -0.2) is 28.7 Å². The molecular formula is C18H18N4O4S. The molecule has 0 aliphatic heterocycles. The summed E-state index contributed by atoms with van der Waals surface area (Å²) in [7, 11) is 0. The number of imide groups is 1. The van der Waals surface area contributed by atoms with Gasteiger partial charge in [-0.25, -0.2) is 4.79 Å². The maximum Gasteiger partial charge on any atom is 0.321 e. The number of aryl methyl sites for hydroxylation is 1. The quantitative estimate of drug-likeness (QED) is 0.625. The third kappa shape index (κ3) is 4.56. The number of nitrogens with zero attached hydrogens (tertiary/aromatic N) is 2. The van der Waals surface area contributed by atoms with Crippen LogP contribution in [-0.2, 0) is 4.79 Å². The van der Waals surface area contributed by atoms with Crippen LogP contribution in [0.5, 0.6) is 0 Å². The molecule has 140 valence electrons. The molecule has 0 saturated heterocycles. The van der Waals surface area contributed by atoms with Gasteiger partial charge in [-0.15, -0.1) is 10.2 Å². The normalized spacial score (nSPS) is 11.8. The maximum absolute atomic E-state index is 12.6. The van der Waals surface area contributed by atoms with E-state index in [2.05, 4.69) is 20.8 Å². The zero-order chi connectivity index (χ0) is 19.2. The second-order valence-corrected chi connectivity index (χ2v) is 6.58. The highest BCUT2D eigenvalue weighted by molar-refractivity contribution is 8.00. The molecule has 2 heterocycles. The van der Waals surface area contributed by atoms with Crippen LogP contribution in [0.4, 0.5) is 4.79 Å². The second-order valence-electron chi connectivity index (χ2n) is 5.52. The van der Waals surface area contributed by atoms with E-state index in [4.69, 9.17) is 8.83 Å². The molecule has 0 aliphatic carbocycles. The SMILES string of the molecule is CCNC(=O)NC(=O)C(Sc1nnc(-c2ccoc2C)o1)c1ccccc1. The number of hydrogen-bond acceptors (Lipinski definition) is 7. The zero-order valence-electron chi connectivity index (χ0n) is 14.8. The number of carbonyl (C=O) groups excluding carboxylic acids is 2. The molecular weight excluding hydrogens is 368 g/mol. The van der Waals surface area contributed by atoms with Gasteiger partial charge in [0.15, 0.2) is 0 Å². The van der Waals surface area contributed by atoms with E-state index < -0.39 is 17.2 Å². The molecule has 3 rings (SSSR count). The third-order valence-electron chi connectivity index (χ3n) is 3.63. The largest absolute Gasteiger partial charge is 0.469 e. The van der Waals surface area contributed by atoms with Crippen LogP contribution in [0.25, 0.3) is 11.5 Å². The van der Waals surface area contributed by atoms with E-state index in [0.717, 1.165) is 11.8 Å². The summed E-state index contributed by atoms with van der Waals surface area (Å²) in [4.78, 5) is 24.3. The number of carbonyl (C=O) groups is 2. The van der Waals surface area contributed by atoms with Crippen LogP contribution in [0.15, 0.2) is 56.7 Å². The van der Waals surface area contributed by atoms with Crippen molar-refractivity contribution in [2.75, 3.05) is 6.54 Å². The van der Waals surface area contributed by atoms with E-state index in [1.165, 1.54) is 6.26 Å². The summed E-state index contributed by atoms with van der Waals surface area (Å²) in [5, 5.41) is 12.4. The number of amides is 3. The lowest BCUT2D eigenvalue weighted by Gasteiger charge is -2.14. The summed E-state index contributed by atoms with van der Waals surface area (Å²) in [5.74, 6) is 0.486. The van der Waals surface area contributed by atoms with Gasteiger partial charge in [-0.05, 0) is 37.2 Å². The number of aromatic nitrogens is 2. The Labute approximate surface area is 159 Å². The molecule has 9 heteroatoms. The molecule has 3 aromatic rings. The number of urea groups is 1. The van der Waals surface area contributed by atoms with Gasteiger partial charge in [-0.3, -0.25) is 10.1 Å². The number of thioether (sulfide) groups is 1. The number of furan rings is 1. The molecule has 8 nitrogen and oxygen atoms in total. The summed E-state index contributed by atoms with van der Waals surface area (Å²) in [6, 6.07) is 10.3. The highest BCUT2D eigenvalue weighted by Crippen LogP contribution is 2.36. The Kier molecular flexibility index (Phi) is 5.92. The van der Waals surface area contributed by atoms with E-state index in [0.29, 0.717) is 29.3 Å². The van der Waals surface area contributed by atoms with Crippen molar-refractivity contribution in [3.63, 3.8) is 0 Å². The van der Waals surface area contributed by atoms with Crippen molar-refractivity contribution in [3.8, 4) is 11.5 Å². The average Bonchev–Trinajstić information content (AvgIpc) is 3.29. The Balaban J connectivity index is 1.82. The fraction of sp³-hybridized carbons (Fsp3) is 0.222. The lowest BCUT2D eigenvalue weighted by molar-refractivity contribution is -0.119. The van der Waals surface area contributed by atoms with E-state index >= 15 is 0 Å². The molecule has 0 bridgehead atoms. The molecule has 1 atom stereocenters. The fourth-order valence-electron chi connectivity index (χ4n) is 2.36. The molecule has 1 unspecified atom stereocenters. The molecule has 0 saturated carbocycles. The fourth-order valence-corrected chi connectivity index (χ4v) is 3.23. The molecule has 0 spiro atoms. The molecule has 2 aromatic heterocycles. The van der Waals surface area contributed by atoms with Crippen molar-refractivity contribution in [2.45, 2.75) is 24.3 Å². The van der Waals surface area contributed by atoms with Gasteiger partial charge in [-0.2, -0.15) is 0 Å². The minimum atomic E-state index is -0.729. The Hall–Kier alpha value is -3.07. The monoisotopic (exact) mass is 386 g/mol. The Morgan fingerprint density at radius 3 is 2.63 bits per heavy atom. The molecule has 0 fully saturated rings. The molecule has 2 N–H and O–H groups in total. The molecule has 0 radical (unpaired) electrons. The summed E-state index contributed by atoms with van der Waals surface area (Å²) in [6.07, 6.45) is 1.54. The molecule has 27 heavy (non-hydrogen) atoms. The summed E-state index contributed by atoms with van der Waals surface area (Å²) in [5.41, 5.74) is 1.40. The van der Waals surface area contributed by atoms with Crippen molar-refractivity contribution in [2.24, 2.45) is 0 Å². The third-order valence-corrected chi connectivity index (χ3v) is 4.72. The Morgan fingerprint density at radius 1 is 1.19 bits per heavy atom. The Morgan fingerprint density at radius 2 is 1.96 bits per heavy atom. The van der Waals surface area contributed by atoms with Gasteiger partial charge < -0.3 is 14.2 Å². The van der Waals surface area contributed by atoms with Gasteiger partial charge in [0, 0.05) is 6.54 Å². The predicted octanol–water partition coefficient (Wildman–Crippen LogP) is 3.32. The average molecular weight is 386 g/mol. The van der Waals surface area contributed by atoms with Gasteiger partial charge in [0.05, 0.1) is 11.8 Å². The van der Waals surface area contributed by atoms with Crippen LogP contribution in [0, 0.1) is 6.92 Å². The first-order valence-corrected chi connectivity index (χ1v) is 9.14. The number of hydrogen-bond donors (Lipinski definition) is 2. The Bertz CT molecular complexity index is 922. The highest BCUT2D eigenvalue weighted by atomic mass is 32.2. The molecule has 3 amide bonds.